The summed E-state index contributed by atoms with van der Waals surface area (Å²) < 4.78 is 25.8. The van der Waals surface area contributed by atoms with Crippen molar-refractivity contribution in [3.8, 4) is 0 Å². The van der Waals surface area contributed by atoms with Crippen LogP contribution in [-0.2, 0) is 30.9 Å². The number of aryl methyl sites for hydroxylation is 1. The molecule has 1 N–H and O–H groups in total. The topological polar surface area (TPSA) is 47.6 Å². The molecule has 0 amide bonds. The minimum absolute atomic E-state index is 0.0425. The van der Waals surface area contributed by atoms with Crippen LogP contribution in [0.5, 0.6) is 0 Å². The van der Waals surface area contributed by atoms with Crippen LogP contribution in [0.2, 0.25) is 0 Å². The van der Waals surface area contributed by atoms with Crippen LogP contribution in [0.1, 0.15) is 95.4 Å². The minimum atomic E-state index is -3.43. The Balaban J connectivity index is 2.51. The van der Waals surface area contributed by atoms with Gasteiger partial charge in [0.1, 0.15) is 5.78 Å². The Bertz CT molecular complexity index is 913. The predicted molar refractivity (Wildman–Crippen MR) is 145 cm³/mol. The maximum absolute atomic E-state index is 14.1. The van der Waals surface area contributed by atoms with Crippen molar-refractivity contribution in [1.82, 2.24) is 5.32 Å². The van der Waals surface area contributed by atoms with Crippen molar-refractivity contribution in [2.24, 2.45) is 0 Å². The van der Waals surface area contributed by atoms with Crippen molar-refractivity contribution < 1.29 is 13.6 Å². The minimum Gasteiger partial charge on any atom is -0.308 e. The maximum Gasteiger partial charge on any atom is 0.351 e. The zero-order chi connectivity index (χ0) is 25.6. The third-order valence-electron chi connectivity index (χ3n) is 6.12. The summed E-state index contributed by atoms with van der Waals surface area (Å²) in [7, 11) is -3.43. The molecule has 4 nitrogen and oxygen atoms in total. The van der Waals surface area contributed by atoms with Gasteiger partial charge in [0.05, 0.1) is 13.2 Å². The summed E-state index contributed by atoms with van der Waals surface area (Å²) in [5.74, 6) is -0.522. The Morgan fingerprint density at radius 1 is 0.882 bits per heavy atom. The molecule has 190 valence electrons. The fraction of sp³-hybridized carbons (Fsp3) is 0.586. The van der Waals surface area contributed by atoms with E-state index in [-0.39, 0.29) is 10.8 Å². The van der Waals surface area contributed by atoms with Gasteiger partial charge in [0.25, 0.3) is 0 Å². The van der Waals surface area contributed by atoms with Crippen molar-refractivity contribution >= 4 is 7.60 Å². The lowest BCUT2D eigenvalue weighted by molar-refractivity contribution is 0.207. The fourth-order valence-corrected chi connectivity index (χ4v) is 6.55. The molecule has 0 bridgehead atoms. The number of hydrogen-bond donors (Lipinski definition) is 1. The first-order chi connectivity index (χ1) is 15.8. The lowest BCUT2D eigenvalue weighted by Gasteiger charge is -2.33. The van der Waals surface area contributed by atoms with Crippen molar-refractivity contribution in [2.75, 3.05) is 19.8 Å². The van der Waals surface area contributed by atoms with E-state index in [0.717, 1.165) is 18.4 Å². The molecule has 1 atom stereocenters. The van der Waals surface area contributed by atoms with Gasteiger partial charge in [-0.05, 0) is 78.8 Å². The number of rotatable bonds is 11. The molecule has 2 rings (SSSR count). The van der Waals surface area contributed by atoms with Gasteiger partial charge in [-0.15, -0.1) is 0 Å². The van der Waals surface area contributed by atoms with Gasteiger partial charge < -0.3 is 9.05 Å². The number of hydrogen-bond acceptors (Lipinski definition) is 4. The van der Waals surface area contributed by atoms with Crippen molar-refractivity contribution in [3.63, 3.8) is 0 Å². The standard InChI is InChI=1S/C29H46NO3P/c1-10-32-34(31,33-11-2)27(30-19-15-18-23-16-13-12-14-17-23)24-20-25(28(4,5)6)22(3)26(21-24)29(7,8)9/h12-14,16-17,20-21,27,30H,10-11,15,18-19H2,1-9H3. The van der Waals surface area contributed by atoms with Crippen LogP contribution in [0.4, 0.5) is 0 Å². The van der Waals surface area contributed by atoms with Crippen LogP contribution in [-0.4, -0.2) is 19.8 Å². The summed E-state index contributed by atoms with van der Waals surface area (Å²) in [6.07, 6.45) is 1.89. The van der Waals surface area contributed by atoms with Crippen LogP contribution in [0.3, 0.4) is 0 Å². The molecule has 0 aliphatic carbocycles. The Hall–Kier alpha value is -1.45. The molecule has 2 aromatic carbocycles. The summed E-state index contributed by atoms with van der Waals surface area (Å²) in [4.78, 5) is 0. The highest BCUT2D eigenvalue weighted by atomic mass is 31.2. The van der Waals surface area contributed by atoms with Crippen LogP contribution < -0.4 is 5.32 Å². The molecule has 0 saturated heterocycles. The highest BCUT2D eigenvalue weighted by Gasteiger charge is 2.38. The van der Waals surface area contributed by atoms with Gasteiger partial charge >= 0.3 is 7.60 Å². The van der Waals surface area contributed by atoms with Crippen LogP contribution in [0.15, 0.2) is 42.5 Å². The summed E-state index contributed by atoms with van der Waals surface area (Å²) in [5, 5.41) is 3.58. The van der Waals surface area contributed by atoms with Crippen molar-refractivity contribution in [2.45, 2.75) is 91.8 Å². The molecule has 0 radical (unpaired) electrons. The van der Waals surface area contributed by atoms with Crippen molar-refractivity contribution in [3.05, 3.63) is 70.3 Å². The lowest BCUT2D eigenvalue weighted by atomic mass is 9.75. The molecule has 0 aromatic heterocycles. The van der Waals surface area contributed by atoms with Gasteiger partial charge in [-0.1, -0.05) is 84.0 Å². The Morgan fingerprint density at radius 2 is 1.38 bits per heavy atom. The average molecular weight is 488 g/mol. The van der Waals surface area contributed by atoms with E-state index in [2.05, 4.69) is 90.2 Å². The summed E-state index contributed by atoms with van der Waals surface area (Å²) in [6.45, 7) is 20.7. The second-order valence-corrected chi connectivity index (χ2v) is 13.2. The van der Waals surface area contributed by atoms with Crippen molar-refractivity contribution in [1.29, 1.82) is 0 Å². The molecular formula is C29H46NO3P. The Labute approximate surface area is 208 Å². The SMILES string of the molecule is CCOP(=O)(OCC)C(NCCCc1ccccc1)c1cc(C(C)(C)C)c(C)c(C(C)(C)C)c1. The van der Waals surface area contributed by atoms with E-state index in [1.54, 1.807) is 0 Å². The zero-order valence-corrected chi connectivity index (χ0v) is 23.7. The second kappa shape index (κ2) is 12.0. The van der Waals surface area contributed by atoms with E-state index in [9.17, 15) is 4.57 Å². The highest BCUT2D eigenvalue weighted by molar-refractivity contribution is 7.54. The van der Waals surface area contributed by atoms with E-state index >= 15 is 0 Å². The van der Waals surface area contributed by atoms with Gasteiger partial charge in [-0.25, -0.2) is 0 Å². The smallest absolute Gasteiger partial charge is 0.308 e. The molecule has 2 aromatic rings. The van der Waals surface area contributed by atoms with Gasteiger partial charge in [0, 0.05) is 0 Å². The summed E-state index contributed by atoms with van der Waals surface area (Å²) in [5.41, 5.74) is 6.04. The molecular weight excluding hydrogens is 441 g/mol. The average Bonchev–Trinajstić information content (AvgIpc) is 2.73. The number of nitrogens with one attached hydrogen (secondary N) is 1. The van der Waals surface area contributed by atoms with E-state index in [0.29, 0.717) is 19.8 Å². The Morgan fingerprint density at radius 3 is 1.82 bits per heavy atom. The third kappa shape index (κ3) is 7.52. The molecule has 0 aliphatic heterocycles. The predicted octanol–water partition coefficient (Wildman–Crippen LogP) is 8.08. The largest absolute Gasteiger partial charge is 0.351 e. The van der Waals surface area contributed by atoms with Crippen LogP contribution >= 0.6 is 7.60 Å². The monoisotopic (exact) mass is 487 g/mol. The quantitative estimate of drug-likeness (QED) is 0.257. The Kier molecular flexibility index (Phi) is 10.2. The number of benzene rings is 2. The molecule has 1 unspecified atom stereocenters. The van der Waals surface area contributed by atoms with E-state index in [1.165, 1.54) is 22.3 Å². The molecule has 5 heteroatoms. The molecule has 0 spiro atoms. The highest BCUT2D eigenvalue weighted by Crippen LogP contribution is 2.60. The van der Waals surface area contributed by atoms with Gasteiger partial charge in [0.2, 0.25) is 0 Å². The molecule has 0 heterocycles. The zero-order valence-electron chi connectivity index (χ0n) is 22.8. The normalized spacial score (nSPS) is 13.8. The van der Waals surface area contributed by atoms with Crippen LogP contribution in [0.25, 0.3) is 0 Å². The molecule has 0 saturated carbocycles. The second-order valence-electron chi connectivity index (χ2n) is 11.1. The maximum atomic E-state index is 14.1. The first kappa shape index (κ1) is 28.8. The lowest BCUT2D eigenvalue weighted by Crippen LogP contribution is -2.27. The molecule has 0 aliphatic rings. The van der Waals surface area contributed by atoms with Gasteiger partial charge in [0.15, 0.2) is 0 Å². The van der Waals surface area contributed by atoms with E-state index < -0.39 is 13.4 Å². The van der Waals surface area contributed by atoms with E-state index in [4.69, 9.17) is 9.05 Å². The van der Waals surface area contributed by atoms with Crippen LogP contribution in [0, 0.1) is 6.92 Å². The fourth-order valence-electron chi connectivity index (χ4n) is 4.59. The molecule has 34 heavy (non-hydrogen) atoms. The summed E-state index contributed by atoms with van der Waals surface area (Å²) in [6, 6.07) is 14.9. The third-order valence-corrected chi connectivity index (χ3v) is 8.47. The van der Waals surface area contributed by atoms with Gasteiger partial charge in [-0.2, -0.15) is 0 Å². The first-order valence-electron chi connectivity index (χ1n) is 12.6. The van der Waals surface area contributed by atoms with Gasteiger partial charge in [-0.3, -0.25) is 9.88 Å². The summed E-state index contributed by atoms with van der Waals surface area (Å²) >= 11 is 0. The first-order valence-corrected chi connectivity index (χ1v) is 14.3. The molecule has 0 fully saturated rings. The van der Waals surface area contributed by atoms with E-state index in [1.807, 2.05) is 19.9 Å².